The average Bonchev–Trinajstić information content (AvgIpc) is 2.64. The molecule has 14 heavy (non-hydrogen) atoms. The Labute approximate surface area is 80.5 Å². The van der Waals surface area contributed by atoms with E-state index < -0.39 is 11.5 Å². The molecule has 0 amide bonds. The Kier molecular flexibility index (Phi) is 2.10. The van der Waals surface area contributed by atoms with E-state index >= 15 is 0 Å². The smallest absolute Gasteiger partial charge is 0.248 e. The Balaban J connectivity index is 2.13. The number of halogens is 2. The Hall–Kier alpha value is -0.900. The summed E-state index contributed by atoms with van der Waals surface area (Å²) in [4.78, 5) is 0. The van der Waals surface area contributed by atoms with E-state index in [1.54, 1.807) is 12.1 Å². The fraction of sp³-hybridized carbons (Fsp3) is 0.600. The van der Waals surface area contributed by atoms with Crippen LogP contribution < -0.4 is 0 Å². The first-order valence-corrected chi connectivity index (χ1v) is 4.66. The van der Waals surface area contributed by atoms with Gasteiger partial charge in [-0.1, -0.05) is 0 Å². The van der Waals surface area contributed by atoms with Crippen LogP contribution in [-0.4, -0.2) is 11.0 Å². The summed E-state index contributed by atoms with van der Waals surface area (Å²) in [6, 6.07) is 3.28. The first-order chi connectivity index (χ1) is 6.52. The Morgan fingerprint density at radius 1 is 1.21 bits per heavy atom. The van der Waals surface area contributed by atoms with E-state index in [2.05, 4.69) is 0 Å². The van der Waals surface area contributed by atoms with Gasteiger partial charge in [-0.15, -0.1) is 0 Å². The lowest BCUT2D eigenvalue weighted by Gasteiger charge is -2.34. The molecule has 1 heterocycles. The Bertz CT molecular complexity index is 296. The van der Waals surface area contributed by atoms with E-state index in [9.17, 15) is 13.9 Å². The third-order valence-corrected chi connectivity index (χ3v) is 2.79. The summed E-state index contributed by atoms with van der Waals surface area (Å²) in [7, 11) is 0. The number of furan rings is 1. The molecule has 1 aliphatic carbocycles. The first kappa shape index (κ1) is 9.65. The fourth-order valence-electron chi connectivity index (χ4n) is 1.82. The molecule has 78 valence electrons. The Morgan fingerprint density at radius 3 is 2.36 bits per heavy atom. The highest BCUT2D eigenvalue weighted by molar-refractivity contribution is 5.11. The normalized spacial score (nSPS) is 24.8. The molecule has 0 radical (unpaired) electrons. The molecule has 1 aliphatic rings. The minimum atomic E-state index is -2.63. The molecule has 0 bridgehead atoms. The van der Waals surface area contributed by atoms with E-state index in [-0.39, 0.29) is 25.7 Å². The van der Waals surface area contributed by atoms with Gasteiger partial charge in [-0.05, 0) is 25.0 Å². The number of hydrogen-bond donors (Lipinski definition) is 1. The lowest BCUT2D eigenvalue weighted by atomic mass is 9.81. The maximum atomic E-state index is 12.8. The average molecular weight is 202 g/mol. The molecule has 4 heteroatoms. The fourth-order valence-corrected chi connectivity index (χ4v) is 1.82. The summed E-state index contributed by atoms with van der Waals surface area (Å²) < 4.78 is 30.7. The van der Waals surface area contributed by atoms with Gasteiger partial charge in [0.15, 0.2) is 0 Å². The zero-order valence-corrected chi connectivity index (χ0v) is 7.67. The molecule has 0 spiro atoms. The molecule has 1 N–H and O–H groups in total. The molecule has 0 saturated heterocycles. The van der Waals surface area contributed by atoms with Crippen molar-refractivity contribution in [2.45, 2.75) is 37.2 Å². The quantitative estimate of drug-likeness (QED) is 0.759. The predicted molar refractivity (Wildman–Crippen MR) is 46.0 cm³/mol. The SMILES string of the molecule is OC1(c2ccco2)CCC(F)(F)CC1. The zero-order chi connectivity index (χ0) is 10.2. The maximum Gasteiger partial charge on any atom is 0.248 e. The van der Waals surface area contributed by atoms with Crippen LogP contribution in [0.25, 0.3) is 0 Å². The largest absolute Gasteiger partial charge is 0.466 e. The lowest BCUT2D eigenvalue weighted by Crippen LogP contribution is -2.36. The van der Waals surface area contributed by atoms with Crippen molar-refractivity contribution in [2.75, 3.05) is 0 Å². The molecule has 1 fully saturated rings. The van der Waals surface area contributed by atoms with Crippen molar-refractivity contribution in [3.05, 3.63) is 24.2 Å². The van der Waals surface area contributed by atoms with Gasteiger partial charge >= 0.3 is 0 Å². The maximum absolute atomic E-state index is 12.8. The molecule has 2 nitrogen and oxygen atoms in total. The third-order valence-electron chi connectivity index (χ3n) is 2.79. The van der Waals surface area contributed by atoms with Gasteiger partial charge in [-0.2, -0.15) is 0 Å². The lowest BCUT2D eigenvalue weighted by molar-refractivity contribution is -0.114. The highest BCUT2D eigenvalue weighted by atomic mass is 19.3. The summed E-state index contributed by atoms with van der Waals surface area (Å²) in [6.07, 6.45) is 1.02. The van der Waals surface area contributed by atoms with Crippen molar-refractivity contribution in [1.82, 2.24) is 0 Å². The van der Waals surface area contributed by atoms with Gasteiger partial charge in [0.05, 0.1) is 6.26 Å². The van der Waals surface area contributed by atoms with Crippen LogP contribution in [0.4, 0.5) is 8.78 Å². The minimum Gasteiger partial charge on any atom is -0.466 e. The third kappa shape index (κ3) is 1.66. The first-order valence-electron chi connectivity index (χ1n) is 4.66. The van der Waals surface area contributed by atoms with Gasteiger partial charge in [0, 0.05) is 12.8 Å². The summed E-state index contributed by atoms with van der Waals surface area (Å²) in [6.45, 7) is 0. The number of alkyl halides is 2. The number of hydrogen-bond acceptors (Lipinski definition) is 2. The van der Waals surface area contributed by atoms with E-state index in [0.29, 0.717) is 5.76 Å². The van der Waals surface area contributed by atoms with Crippen molar-refractivity contribution in [3.63, 3.8) is 0 Å². The molecule has 0 atom stereocenters. The molecule has 1 aromatic heterocycles. The summed E-state index contributed by atoms with van der Waals surface area (Å²) in [5, 5.41) is 10.0. The number of rotatable bonds is 1. The van der Waals surface area contributed by atoms with E-state index in [1.807, 2.05) is 0 Å². The molecule has 1 aromatic rings. The van der Waals surface area contributed by atoms with Crippen molar-refractivity contribution < 1.29 is 18.3 Å². The van der Waals surface area contributed by atoms with Gasteiger partial charge in [0.25, 0.3) is 0 Å². The van der Waals surface area contributed by atoms with Crippen LogP contribution in [-0.2, 0) is 5.60 Å². The van der Waals surface area contributed by atoms with E-state index in [1.165, 1.54) is 6.26 Å². The second-order valence-corrected chi connectivity index (χ2v) is 3.86. The Morgan fingerprint density at radius 2 is 1.86 bits per heavy atom. The van der Waals surface area contributed by atoms with Crippen molar-refractivity contribution in [3.8, 4) is 0 Å². The topological polar surface area (TPSA) is 33.4 Å². The van der Waals surface area contributed by atoms with Gasteiger partial charge in [-0.25, -0.2) is 8.78 Å². The highest BCUT2D eigenvalue weighted by Crippen LogP contribution is 2.43. The van der Waals surface area contributed by atoms with Crippen molar-refractivity contribution >= 4 is 0 Å². The van der Waals surface area contributed by atoms with Crippen LogP contribution in [0.15, 0.2) is 22.8 Å². The van der Waals surface area contributed by atoms with Crippen LogP contribution in [0.2, 0.25) is 0 Å². The highest BCUT2D eigenvalue weighted by Gasteiger charge is 2.44. The van der Waals surface area contributed by atoms with Crippen LogP contribution in [0.1, 0.15) is 31.4 Å². The van der Waals surface area contributed by atoms with Gasteiger partial charge in [0.2, 0.25) is 5.92 Å². The second-order valence-electron chi connectivity index (χ2n) is 3.86. The van der Waals surface area contributed by atoms with Gasteiger partial charge in [-0.3, -0.25) is 0 Å². The summed E-state index contributed by atoms with van der Waals surface area (Å²) >= 11 is 0. The van der Waals surface area contributed by atoms with Gasteiger partial charge in [0.1, 0.15) is 11.4 Å². The van der Waals surface area contributed by atoms with E-state index in [4.69, 9.17) is 4.42 Å². The predicted octanol–water partition coefficient (Wildman–Crippen LogP) is 2.68. The molecular weight excluding hydrogens is 190 g/mol. The van der Waals surface area contributed by atoms with Crippen LogP contribution in [0, 0.1) is 0 Å². The van der Waals surface area contributed by atoms with Crippen molar-refractivity contribution in [2.24, 2.45) is 0 Å². The zero-order valence-electron chi connectivity index (χ0n) is 7.67. The van der Waals surface area contributed by atoms with Crippen LogP contribution in [0.5, 0.6) is 0 Å². The van der Waals surface area contributed by atoms with Gasteiger partial charge < -0.3 is 9.52 Å². The monoisotopic (exact) mass is 202 g/mol. The minimum absolute atomic E-state index is 0.0630. The second kappa shape index (κ2) is 3.05. The molecule has 1 saturated carbocycles. The molecule has 0 unspecified atom stereocenters. The number of aliphatic hydroxyl groups is 1. The standard InChI is InChI=1S/C10H12F2O2/c11-10(12)5-3-9(13,4-6-10)8-2-1-7-14-8/h1-2,7,13H,3-6H2. The summed E-state index contributed by atoms with van der Waals surface area (Å²) in [5.74, 6) is -2.23. The van der Waals surface area contributed by atoms with Crippen LogP contribution in [0.3, 0.4) is 0 Å². The van der Waals surface area contributed by atoms with Crippen molar-refractivity contribution in [1.29, 1.82) is 0 Å². The van der Waals surface area contributed by atoms with E-state index in [0.717, 1.165) is 0 Å². The molecule has 0 aliphatic heterocycles. The summed E-state index contributed by atoms with van der Waals surface area (Å²) in [5.41, 5.74) is -1.19. The molecular formula is C10H12F2O2. The molecule has 2 rings (SSSR count). The van der Waals surface area contributed by atoms with Crippen LogP contribution >= 0.6 is 0 Å². The molecule has 0 aromatic carbocycles.